The molecule has 1 rings (SSSR count). The van der Waals surface area contributed by atoms with Gasteiger partial charge in [-0.15, -0.1) is 0 Å². The highest BCUT2D eigenvalue weighted by Crippen LogP contribution is 2.16. The maximum atomic E-state index is 11.0. The van der Waals surface area contributed by atoms with E-state index in [9.17, 15) is 19.2 Å². The number of nitrogens with two attached hydrogens (primary N) is 1. The molecule has 0 aromatic heterocycles. The molecule has 0 aromatic carbocycles. The number of carbonyl (C=O) groups excluding carboxylic acids is 1. The first-order valence-electron chi connectivity index (χ1n) is 6.88. The second-order valence-electron chi connectivity index (χ2n) is 5.00. The van der Waals surface area contributed by atoms with Crippen molar-refractivity contribution in [1.82, 2.24) is 5.32 Å². The van der Waals surface area contributed by atoms with Gasteiger partial charge in [0.25, 0.3) is 0 Å². The zero-order valence-electron chi connectivity index (χ0n) is 12.5. The molecule has 0 fully saturated rings. The number of hydrogen-bond donors (Lipinski definition) is 5. The quantitative estimate of drug-likeness (QED) is 0.353. The van der Waals surface area contributed by atoms with Gasteiger partial charge >= 0.3 is 17.9 Å². The minimum Gasteiger partial charge on any atom is -0.480 e. The molecule has 1 amide bonds. The van der Waals surface area contributed by atoms with Gasteiger partial charge in [0.05, 0.1) is 0 Å². The molecule has 0 saturated heterocycles. The number of aliphatic imine (C=N–C) groups is 1. The molecule has 1 aliphatic heterocycles. The minimum atomic E-state index is -1.31. The third-order valence-corrected chi connectivity index (χ3v) is 3.13. The van der Waals surface area contributed by atoms with Gasteiger partial charge in [-0.05, 0) is 24.1 Å². The number of carboxylic acid groups (broad SMARTS) is 3. The van der Waals surface area contributed by atoms with Crippen molar-refractivity contribution in [3.05, 3.63) is 23.4 Å². The van der Waals surface area contributed by atoms with E-state index in [1.807, 2.05) is 0 Å². The number of rotatable bonds is 8. The normalized spacial score (nSPS) is 20.2. The van der Waals surface area contributed by atoms with Gasteiger partial charge in [0, 0.05) is 19.1 Å². The number of aliphatic carboxylic acids is 3. The fourth-order valence-corrected chi connectivity index (χ4v) is 1.93. The highest BCUT2D eigenvalue weighted by atomic mass is 16.4. The van der Waals surface area contributed by atoms with Crippen LogP contribution in [0.5, 0.6) is 0 Å². The third-order valence-electron chi connectivity index (χ3n) is 3.13. The Labute approximate surface area is 136 Å². The van der Waals surface area contributed by atoms with Crippen LogP contribution in [0.25, 0.3) is 0 Å². The Kier molecular flexibility index (Phi) is 6.65. The molecule has 0 saturated carbocycles. The predicted octanol–water partition coefficient (Wildman–Crippen LogP) is -0.883. The number of hydrogen-bond acceptors (Lipinski definition) is 6. The summed E-state index contributed by atoms with van der Waals surface area (Å²) in [5.41, 5.74) is 5.03. The summed E-state index contributed by atoms with van der Waals surface area (Å²) in [6.45, 7) is 0. The molecule has 0 aromatic rings. The summed E-state index contributed by atoms with van der Waals surface area (Å²) in [5.74, 6) is -4.41. The second-order valence-corrected chi connectivity index (χ2v) is 5.00. The van der Waals surface area contributed by atoms with E-state index in [0.29, 0.717) is 5.57 Å². The van der Waals surface area contributed by atoms with E-state index in [1.54, 1.807) is 0 Å². The van der Waals surface area contributed by atoms with Crippen LogP contribution in [-0.2, 0) is 19.2 Å². The smallest absolute Gasteiger partial charge is 0.351 e. The van der Waals surface area contributed by atoms with Gasteiger partial charge in [0.15, 0.2) is 0 Å². The van der Waals surface area contributed by atoms with Crippen molar-refractivity contribution < 1.29 is 34.5 Å². The summed E-state index contributed by atoms with van der Waals surface area (Å²) in [7, 11) is 0. The van der Waals surface area contributed by atoms with Crippen molar-refractivity contribution in [2.75, 3.05) is 0 Å². The van der Waals surface area contributed by atoms with Crippen molar-refractivity contribution >= 4 is 30.0 Å². The highest BCUT2D eigenvalue weighted by Gasteiger charge is 2.26. The number of allylic oxidation sites excluding steroid dienone is 2. The van der Waals surface area contributed by atoms with E-state index < -0.39 is 35.9 Å². The van der Waals surface area contributed by atoms with Gasteiger partial charge in [-0.3, -0.25) is 9.79 Å². The van der Waals surface area contributed by atoms with Crippen molar-refractivity contribution in [1.29, 1.82) is 0 Å². The lowest BCUT2D eigenvalue weighted by Crippen LogP contribution is -2.41. The molecule has 10 heteroatoms. The van der Waals surface area contributed by atoms with E-state index in [-0.39, 0.29) is 25.0 Å². The zero-order valence-corrected chi connectivity index (χ0v) is 12.5. The molecule has 1 heterocycles. The molecular weight excluding hydrogens is 322 g/mol. The Morgan fingerprint density at radius 1 is 1.33 bits per heavy atom. The lowest BCUT2D eigenvalue weighted by molar-refractivity contribution is -0.140. The molecule has 2 unspecified atom stereocenters. The van der Waals surface area contributed by atoms with Crippen molar-refractivity contribution in [2.24, 2.45) is 10.7 Å². The molecule has 10 nitrogen and oxygen atoms in total. The number of primary amides is 1. The van der Waals surface area contributed by atoms with Gasteiger partial charge in [-0.1, -0.05) is 0 Å². The first-order chi connectivity index (χ1) is 11.2. The maximum Gasteiger partial charge on any atom is 0.351 e. The number of carbonyl (C=O) groups is 4. The predicted molar refractivity (Wildman–Crippen MR) is 81.3 cm³/mol. The average Bonchev–Trinajstić information content (AvgIpc) is 2.49. The topological polar surface area (TPSA) is 179 Å². The third kappa shape index (κ3) is 5.91. The van der Waals surface area contributed by atoms with Crippen LogP contribution >= 0.6 is 0 Å². The Hall–Kier alpha value is -3.17. The van der Waals surface area contributed by atoms with Crippen LogP contribution in [0.1, 0.15) is 19.3 Å². The van der Waals surface area contributed by atoms with Crippen LogP contribution in [0.4, 0.5) is 0 Å². The summed E-state index contributed by atoms with van der Waals surface area (Å²) in [5, 5.41) is 29.3. The lowest BCUT2D eigenvalue weighted by Gasteiger charge is -2.21. The molecule has 1 aliphatic rings. The monoisotopic (exact) mass is 339 g/mol. The Morgan fingerprint density at radius 2 is 2.00 bits per heavy atom. The largest absolute Gasteiger partial charge is 0.480 e. The molecule has 0 aliphatic carbocycles. The van der Waals surface area contributed by atoms with Crippen LogP contribution in [0, 0.1) is 0 Å². The molecule has 130 valence electrons. The van der Waals surface area contributed by atoms with Gasteiger partial charge in [-0.2, -0.15) is 0 Å². The molecule has 0 spiro atoms. The molecule has 0 bridgehead atoms. The van der Waals surface area contributed by atoms with Crippen LogP contribution in [0.15, 0.2) is 28.4 Å². The van der Waals surface area contributed by atoms with E-state index in [1.165, 1.54) is 12.2 Å². The summed E-state index contributed by atoms with van der Waals surface area (Å²) in [6.07, 6.45) is 3.53. The zero-order chi connectivity index (χ0) is 18.3. The summed E-state index contributed by atoms with van der Waals surface area (Å²) in [4.78, 5) is 47.5. The molecular formula is C14H17N3O7. The van der Waals surface area contributed by atoms with E-state index >= 15 is 0 Å². The van der Waals surface area contributed by atoms with Gasteiger partial charge in [0.1, 0.15) is 17.8 Å². The molecule has 6 N–H and O–H groups in total. The van der Waals surface area contributed by atoms with E-state index in [2.05, 4.69) is 10.3 Å². The standard InChI is InChI=1S/C14H17N3O7/c15-11(18)2-1-8(12(19)20)16-4-3-7-5-9(13(21)22)17-10(6-7)14(23)24/h3-5,8,10,17H,1-2,6H2,(H2,15,18)(H,19,20)(H,21,22)(H,23,24)/b7-3+,16-4+. The lowest BCUT2D eigenvalue weighted by atomic mass is 10.00. The van der Waals surface area contributed by atoms with Crippen molar-refractivity contribution in [2.45, 2.75) is 31.3 Å². The first-order valence-corrected chi connectivity index (χ1v) is 6.88. The fourth-order valence-electron chi connectivity index (χ4n) is 1.93. The minimum absolute atomic E-state index is 0.0111. The molecule has 0 radical (unpaired) electrons. The molecule has 24 heavy (non-hydrogen) atoms. The van der Waals surface area contributed by atoms with Crippen LogP contribution in [-0.4, -0.2) is 57.4 Å². The average molecular weight is 339 g/mol. The van der Waals surface area contributed by atoms with Gasteiger partial charge < -0.3 is 26.4 Å². The Balaban J connectivity index is 2.90. The number of nitrogens with one attached hydrogen (secondary N) is 1. The second kappa shape index (κ2) is 8.46. The van der Waals surface area contributed by atoms with Gasteiger partial charge in [0.2, 0.25) is 5.91 Å². The number of amides is 1. The first kappa shape index (κ1) is 18.9. The highest BCUT2D eigenvalue weighted by molar-refractivity contribution is 5.90. The fraction of sp³-hybridized carbons (Fsp3) is 0.357. The van der Waals surface area contributed by atoms with Gasteiger partial charge in [-0.25, -0.2) is 14.4 Å². The van der Waals surface area contributed by atoms with Crippen LogP contribution < -0.4 is 11.1 Å². The van der Waals surface area contributed by atoms with E-state index in [0.717, 1.165) is 6.21 Å². The summed E-state index contributed by atoms with van der Waals surface area (Å²) < 4.78 is 0. The summed E-state index contributed by atoms with van der Waals surface area (Å²) >= 11 is 0. The Bertz CT molecular complexity index is 636. The summed E-state index contributed by atoms with van der Waals surface area (Å²) in [6, 6.07) is -2.28. The van der Waals surface area contributed by atoms with Crippen LogP contribution in [0.2, 0.25) is 0 Å². The van der Waals surface area contributed by atoms with Crippen molar-refractivity contribution in [3.63, 3.8) is 0 Å². The Morgan fingerprint density at radius 3 is 2.50 bits per heavy atom. The van der Waals surface area contributed by atoms with E-state index in [4.69, 9.17) is 21.1 Å². The van der Waals surface area contributed by atoms with Crippen molar-refractivity contribution in [3.8, 4) is 0 Å². The van der Waals surface area contributed by atoms with Crippen LogP contribution in [0.3, 0.4) is 0 Å². The molecule has 2 atom stereocenters. The number of nitrogens with zero attached hydrogens (tertiary/aromatic N) is 1. The SMILES string of the molecule is NC(=O)CCC(/N=C/C=C1\C=C(C(=O)O)NC(C(=O)O)C1)C(=O)O. The maximum absolute atomic E-state index is 11.0. The number of carboxylic acids is 3.